The summed E-state index contributed by atoms with van der Waals surface area (Å²) in [6.07, 6.45) is -0.660. The van der Waals surface area contributed by atoms with Crippen LogP contribution in [0.1, 0.15) is 20.8 Å². The first kappa shape index (κ1) is 18.1. The van der Waals surface area contributed by atoms with E-state index in [0.717, 1.165) is 0 Å². The van der Waals surface area contributed by atoms with Crippen LogP contribution in [0.15, 0.2) is 48.5 Å². The highest BCUT2D eigenvalue weighted by atomic mass is 35.5. The summed E-state index contributed by atoms with van der Waals surface area (Å²) in [7, 11) is 0. The molecule has 128 valence electrons. The SMILES string of the molecule is CC(C)COC(=O)C(C)Oc1ccc(Oc2ccc(Cl)cc2)cc1. The van der Waals surface area contributed by atoms with E-state index in [1.807, 2.05) is 13.8 Å². The van der Waals surface area contributed by atoms with E-state index in [-0.39, 0.29) is 5.97 Å². The molecule has 0 aliphatic heterocycles. The Balaban J connectivity index is 1.89. The highest BCUT2D eigenvalue weighted by Gasteiger charge is 2.16. The second-order valence-electron chi connectivity index (χ2n) is 5.81. The van der Waals surface area contributed by atoms with Gasteiger partial charge in [0.2, 0.25) is 0 Å². The summed E-state index contributed by atoms with van der Waals surface area (Å²) in [6, 6.07) is 14.2. The average molecular weight is 349 g/mol. The van der Waals surface area contributed by atoms with Gasteiger partial charge in [-0.15, -0.1) is 0 Å². The number of carbonyl (C=O) groups excluding carboxylic acids is 1. The van der Waals surface area contributed by atoms with Gasteiger partial charge in [0.05, 0.1) is 6.61 Å². The van der Waals surface area contributed by atoms with E-state index in [1.54, 1.807) is 55.5 Å². The van der Waals surface area contributed by atoms with Gasteiger partial charge in [0.1, 0.15) is 17.2 Å². The van der Waals surface area contributed by atoms with Crippen molar-refractivity contribution in [2.24, 2.45) is 5.92 Å². The molecule has 24 heavy (non-hydrogen) atoms. The van der Waals surface area contributed by atoms with Gasteiger partial charge in [-0.1, -0.05) is 25.4 Å². The topological polar surface area (TPSA) is 44.8 Å². The molecule has 2 rings (SSSR count). The highest BCUT2D eigenvalue weighted by Crippen LogP contribution is 2.25. The van der Waals surface area contributed by atoms with E-state index in [9.17, 15) is 4.79 Å². The van der Waals surface area contributed by atoms with E-state index >= 15 is 0 Å². The molecule has 1 atom stereocenters. The lowest BCUT2D eigenvalue weighted by molar-refractivity contribution is -0.152. The van der Waals surface area contributed by atoms with Crippen molar-refractivity contribution in [1.29, 1.82) is 0 Å². The smallest absolute Gasteiger partial charge is 0.347 e. The van der Waals surface area contributed by atoms with Crippen LogP contribution in [0.2, 0.25) is 5.02 Å². The Bertz CT molecular complexity index is 650. The van der Waals surface area contributed by atoms with E-state index in [4.69, 9.17) is 25.8 Å². The molecule has 0 spiro atoms. The minimum atomic E-state index is -0.660. The Hall–Kier alpha value is -2.20. The molecule has 0 aliphatic carbocycles. The van der Waals surface area contributed by atoms with Gasteiger partial charge < -0.3 is 14.2 Å². The molecule has 4 nitrogen and oxygen atoms in total. The first-order chi connectivity index (χ1) is 11.4. The van der Waals surface area contributed by atoms with E-state index in [0.29, 0.717) is 34.8 Å². The van der Waals surface area contributed by atoms with E-state index in [2.05, 4.69) is 0 Å². The minimum Gasteiger partial charge on any atom is -0.479 e. The number of esters is 1. The van der Waals surface area contributed by atoms with Crippen molar-refractivity contribution >= 4 is 17.6 Å². The summed E-state index contributed by atoms with van der Waals surface area (Å²) in [4.78, 5) is 11.8. The highest BCUT2D eigenvalue weighted by molar-refractivity contribution is 6.30. The van der Waals surface area contributed by atoms with Crippen LogP contribution < -0.4 is 9.47 Å². The average Bonchev–Trinajstić information content (AvgIpc) is 2.56. The van der Waals surface area contributed by atoms with Gasteiger partial charge in [-0.05, 0) is 61.4 Å². The molecule has 0 saturated heterocycles. The molecule has 0 bridgehead atoms. The van der Waals surface area contributed by atoms with Crippen molar-refractivity contribution in [1.82, 2.24) is 0 Å². The molecule has 0 fully saturated rings. The van der Waals surface area contributed by atoms with Crippen molar-refractivity contribution in [2.45, 2.75) is 26.9 Å². The molecule has 0 radical (unpaired) electrons. The molecular weight excluding hydrogens is 328 g/mol. The van der Waals surface area contributed by atoms with Gasteiger partial charge in [0.25, 0.3) is 0 Å². The van der Waals surface area contributed by atoms with Gasteiger partial charge in [-0.2, -0.15) is 0 Å². The molecule has 0 aromatic heterocycles. The second-order valence-corrected chi connectivity index (χ2v) is 6.25. The summed E-state index contributed by atoms with van der Waals surface area (Å²) < 4.78 is 16.4. The number of ether oxygens (including phenoxy) is 3. The fraction of sp³-hybridized carbons (Fsp3) is 0.316. The molecule has 0 aliphatic rings. The maximum absolute atomic E-state index is 11.8. The molecular formula is C19H21ClO4. The third-order valence-electron chi connectivity index (χ3n) is 3.08. The van der Waals surface area contributed by atoms with Crippen LogP contribution in [0.5, 0.6) is 17.2 Å². The maximum atomic E-state index is 11.8. The Labute approximate surface area is 147 Å². The predicted molar refractivity (Wildman–Crippen MR) is 93.9 cm³/mol. The monoisotopic (exact) mass is 348 g/mol. The van der Waals surface area contributed by atoms with Gasteiger partial charge in [0, 0.05) is 5.02 Å². The third kappa shape index (κ3) is 5.78. The standard InChI is InChI=1S/C19H21ClO4/c1-13(2)12-22-19(21)14(3)23-16-8-10-18(11-9-16)24-17-6-4-15(20)5-7-17/h4-11,13-14H,12H2,1-3H3. The lowest BCUT2D eigenvalue weighted by atomic mass is 10.2. The number of hydrogen-bond donors (Lipinski definition) is 0. The summed E-state index contributed by atoms with van der Waals surface area (Å²) in [5, 5.41) is 0.657. The van der Waals surface area contributed by atoms with Gasteiger partial charge in [-0.3, -0.25) is 0 Å². The van der Waals surface area contributed by atoms with E-state index < -0.39 is 6.10 Å². The predicted octanol–water partition coefficient (Wildman–Crippen LogP) is 5.10. The second kappa shape index (κ2) is 8.60. The number of rotatable bonds is 7. The summed E-state index contributed by atoms with van der Waals surface area (Å²) in [5.74, 6) is 1.86. The van der Waals surface area contributed by atoms with Crippen LogP contribution in [-0.4, -0.2) is 18.7 Å². The number of carbonyl (C=O) groups is 1. The first-order valence-corrected chi connectivity index (χ1v) is 8.18. The van der Waals surface area contributed by atoms with Crippen molar-refractivity contribution < 1.29 is 19.0 Å². The fourth-order valence-electron chi connectivity index (χ4n) is 1.84. The zero-order valence-electron chi connectivity index (χ0n) is 14.0. The van der Waals surface area contributed by atoms with Crippen LogP contribution in [0.4, 0.5) is 0 Å². The van der Waals surface area contributed by atoms with Crippen LogP contribution >= 0.6 is 11.6 Å². The summed E-state index contributed by atoms with van der Waals surface area (Å²) >= 11 is 5.84. The number of hydrogen-bond acceptors (Lipinski definition) is 4. The molecule has 1 unspecified atom stereocenters. The van der Waals surface area contributed by atoms with Gasteiger partial charge in [-0.25, -0.2) is 4.79 Å². The molecule has 0 amide bonds. The van der Waals surface area contributed by atoms with Crippen molar-refractivity contribution in [3.8, 4) is 17.2 Å². The zero-order chi connectivity index (χ0) is 17.5. The molecule has 0 saturated carbocycles. The van der Waals surface area contributed by atoms with Gasteiger partial charge in [0.15, 0.2) is 6.10 Å². The van der Waals surface area contributed by atoms with Crippen molar-refractivity contribution in [3.05, 3.63) is 53.6 Å². The normalized spacial score (nSPS) is 11.9. The van der Waals surface area contributed by atoms with Crippen LogP contribution in [-0.2, 0) is 9.53 Å². The third-order valence-corrected chi connectivity index (χ3v) is 3.33. The Morgan fingerprint density at radius 2 is 1.42 bits per heavy atom. The number of halogens is 1. The number of benzene rings is 2. The van der Waals surface area contributed by atoms with Crippen molar-refractivity contribution in [3.63, 3.8) is 0 Å². The van der Waals surface area contributed by atoms with Gasteiger partial charge >= 0.3 is 5.97 Å². The summed E-state index contributed by atoms with van der Waals surface area (Å²) in [5.41, 5.74) is 0. The zero-order valence-corrected chi connectivity index (χ0v) is 14.7. The molecule has 0 N–H and O–H groups in total. The molecule has 5 heteroatoms. The van der Waals surface area contributed by atoms with Crippen molar-refractivity contribution in [2.75, 3.05) is 6.61 Å². The van der Waals surface area contributed by atoms with E-state index in [1.165, 1.54) is 0 Å². The quantitative estimate of drug-likeness (QED) is 0.653. The minimum absolute atomic E-state index is 0.297. The fourth-order valence-corrected chi connectivity index (χ4v) is 1.97. The Morgan fingerprint density at radius 1 is 0.917 bits per heavy atom. The lowest BCUT2D eigenvalue weighted by Gasteiger charge is -2.15. The van der Waals surface area contributed by atoms with Crippen LogP contribution in [0.3, 0.4) is 0 Å². The molecule has 2 aromatic carbocycles. The van der Waals surface area contributed by atoms with Crippen LogP contribution in [0.25, 0.3) is 0 Å². The first-order valence-electron chi connectivity index (χ1n) is 7.81. The Morgan fingerprint density at radius 3 is 1.96 bits per heavy atom. The Kier molecular flexibility index (Phi) is 6.50. The summed E-state index contributed by atoms with van der Waals surface area (Å²) in [6.45, 7) is 6.03. The lowest BCUT2D eigenvalue weighted by Crippen LogP contribution is -2.27. The maximum Gasteiger partial charge on any atom is 0.347 e. The molecule has 0 heterocycles. The molecule has 2 aromatic rings. The van der Waals surface area contributed by atoms with Crippen LogP contribution in [0, 0.1) is 5.92 Å². The largest absolute Gasteiger partial charge is 0.479 e.